The van der Waals surface area contributed by atoms with Gasteiger partial charge in [0, 0.05) is 5.56 Å². The molecule has 1 fully saturated rings. The Bertz CT molecular complexity index is 479. The highest BCUT2D eigenvalue weighted by Gasteiger charge is 2.47. The number of methoxy groups -OCH3 is 1. The average molecular weight is 286 g/mol. The van der Waals surface area contributed by atoms with E-state index in [1.54, 1.807) is 12.1 Å². The molecule has 0 aliphatic heterocycles. The van der Waals surface area contributed by atoms with Crippen LogP contribution in [0.25, 0.3) is 0 Å². The molecule has 1 aromatic carbocycles. The van der Waals surface area contributed by atoms with Crippen molar-refractivity contribution in [3.63, 3.8) is 0 Å². The fraction of sp³-hybridized carbons (Fsp3) is 0.364. The van der Waals surface area contributed by atoms with Gasteiger partial charge in [0.2, 0.25) is 6.08 Å². The van der Waals surface area contributed by atoms with Crippen LogP contribution in [-0.2, 0) is 10.3 Å². The maximum Gasteiger partial charge on any atom is 0.235 e. The van der Waals surface area contributed by atoms with E-state index in [1.807, 2.05) is 0 Å². The van der Waals surface area contributed by atoms with Crippen LogP contribution in [0.5, 0.6) is 5.75 Å². The Hall–Kier alpha value is -1.19. The summed E-state index contributed by atoms with van der Waals surface area (Å²) in [5, 5.41) is 0. The minimum atomic E-state index is -0.616. The van der Waals surface area contributed by atoms with Crippen molar-refractivity contribution >= 4 is 22.0 Å². The van der Waals surface area contributed by atoms with Gasteiger partial charge in [-0.15, -0.1) is 0 Å². The Morgan fingerprint density at radius 3 is 2.75 bits per heavy atom. The molecule has 0 bridgehead atoms. The van der Waals surface area contributed by atoms with Crippen LogP contribution in [0.1, 0.15) is 18.4 Å². The second kappa shape index (κ2) is 4.00. The Morgan fingerprint density at radius 2 is 2.25 bits per heavy atom. The zero-order valence-corrected chi connectivity index (χ0v) is 10.2. The van der Waals surface area contributed by atoms with Gasteiger partial charge in [-0.3, -0.25) is 0 Å². The number of nitrogens with zero attached hydrogens (tertiary/aromatic N) is 1. The number of carbonyl (C=O) groups excluding carboxylic acids is 1. The predicted octanol–water partition coefficient (Wildman–Crippen LogP) is 2.92. The third kappa shape index (κ3) is 1.66. The summed E-state index contributed by atoms with van der Waals surface area (Å²) in [6.45, 7) is 0. The van der Waals surface area contributed by atoms with E-state index in [9.17, 15) is 9.18 Å². The molecule has 0 heterocycles. The van der Waals surface area contributed by atoms with Crippen LogP contribution in [0.4, 0.5) is 4.39 Å². The van der Waals surface area contributed by atoms with Crippen molar-refractivity contribution in [1.29, 1.82) is 0 Å². The molecule has 0 saturated heterocycles. The maximum atomic E-state index is 13.7. The molecule has 1 aromatic rings. The molecule has 0 aromatic heterocycles. The van der Waals surface area contributed by atoms with Crippen LogP contribution < -0.4 is 4.74 Å². The predicted molar refractivity (Wildman–Crippen MR) is 59.7 cm³/mol. The molecule has 1 aliphatic rings. The topological polar surface area (TPSA) is 38.7 Å². The third-order valence-corrected chi connectivity index (χ3v) is 3.35. The second-order valence-electron chi connectivity index (χ2n) is 3.68. The van der Waals surface area contributed by atoms with E-state index >= 15 is 0 Å². The minimum Gasteiger partial charge on any atom is -0.493 e. The minimum absolute atomic E-state index is 0.144. The molecule has 3 nitrogen and oxygen atoms in total. The zero-order chi connectivity index (χ0) is 11.8. The number of hydrogen-bond acceptors (Lipinski definition) is 3. The van der Waals surface area contributed by atoms with E-state index in [0.29, 0.717) is 10.0 Å². The van der Waals surface area contributed by atoms with Gasteiger partial charge in [0.05, 0.1) is 11.6 Å². The standard InChI is InChI=1S/C11H9BrFNO2/c1-16-10-7(2-3-8(12)9(10)13)11(4-5-11)14-6-15/h2-3H,4-5H2,1H3. The molecule has 0 spiro atoms. The van der Waals surface area contributed by atoms with Crippen molar-refractivity contribution in [3.05, 3.63) is 28.0 Å². The molecule has 16 heavy (non-hydrogen) atoms. The second-order valence-corrected chi connectivity index (χ2v) is 4.53. The first-order valence-corrected chi connectivity index (χ1v) is 5.55. The summed E-state index contributed by atoms with van der Waals surface area (Å²) in [6, 6.07) is 3.31. The Balaban J connectivity index is 2.57. The van der Waals surface area contributed by atoms with Crippen molar-refractivity contribution < 1.29 is 13.9 Å². The molecule has 0 amide bonds. The molecule has 0 radical (unpaired) electrons. The molecule has 2 rings (SSSR count). The van der Waals surface area contributed by atoms with Gasteiger partial charge in [0.1, 0.15) is 5.54 Å². The summed E-state index contributed by atoms with van der Waals surface area (Å²) < 4.78 is 19.1. The summed E-state index contributed by atoms with van der Waals surface area (Å²) in [7, 11) is 1.40. The van der Waals surface area contributed by atoms with Crippen molar-refractivity contribution in [2.75, 3.05) is 7.11 Å². The lowest BCUT2D eigenvalue weighted by atomic mass is 10.0. The van der Waals surface area contributed by atoms with Crippen molar-refractivity contribution in [2.45, 2.75) is 18.4 Å². The highest BCUT2D eigenvalue weighted by Crippen LogP contribution is 2.53. The Kier molecular flexibility index (Phi) is 2.82. The van der Waals surface area contributed by atoms with E-state index in [1.165, 1.54) is 13.2 Å². The maximum absolute atomic E-state index is 13.7. The Morgan fingerprint density at radius 1 is 1.56 bits per heavy atom. The summed E-state index contributed by atoms with van der Waals surface area (Å²) in [4.78, 5) is 14.1. The van der Waals surface area contributed by atoms with E-state index in [4.69, 9.17) is 4.74 Å². The van der Waals surface area contributed by atoms with E-state index in [0.717, 1.165) is 12.8 Å². The van der Waals surface area contributed by atoms with E-state index < -0.39 is 11.4 Å². The quantitative estimate of drug-likeness (QED) is 0.633. The van der Waals surface area contributed by atoms with Gasteiger partial charge in [0.25, 0.3) is 0 Å². The van der Waals surface area contributed by atoms with Gasteiger partial charge in [-0.2, -0.15) is 4.99 Å². The lowest BCUT2D eigenvalue weighted by molar-refractivity contribution is 0.375. The molecule has 1 aliphatic carbocycles. The van der Waals surface area contributed by atoms with Gasteiger partial charge < -0.3 is 4.74 Å². The highest BCUT2D eigenvalue weighted by atomic mass is 79.9. The van der Waals surface area contributed by atoms with Gasteiger partial charge >= 0.3 is 0 Å². The summed E-state index contributed by atoms with van der Waals surface area (Å²) in [6.07, 6.45) is 2.98. The highest BCUT2D eigenvalue weighted by molar-refractivity contribution is 9.10. The molecule has 1 saturated carbocycles. The monoisotopic (exact) mass is 285 g/mol. The number of aliphatic imine (C=N–C) groups is 1. The molecule has 0 N–H and O–H groups in total. The van der Waals surface area contributed by atoms with Crippen LogP contribution >= 0.6 is 15.9 Å². The van der Waals surface area contributed by atoms with Crippen LogP contribution in [0, 0.1) is 5.82 Å². The third-order valence-electron chi connectivity index (χ3n) is 2.74. The lowest BCUT2D eigenvalue weighted by Crippen LogP contribution is -2.06. The van der Waals surface area contributed by atoms with Crippen LogP contribution in [-0.4, -0.2) is 13.2 Å². The van der Waals surface area contributed by atoms with E-state index in [2.05, 4.69) is 20.9 Å². The number of isocyanates is 1. The van der Waals surface area contributed by atoms with Crippen molar-refractivity contribution in [2.24, 2.45) is 4.99 Å². The number of benzene rings is 1. The number of hydrogen-bond donors (Lipinski definition) is 0. The molecule has 5 heteroatoms. The first kappa shape index (κ1) is 11.3. The molecular formula is C11H9BrFNO2. The van der Waals surface area contributed by atoms with Crippen molar-refractivity contribution in [3.8, 4) is 5.75 Å². The van der Waals surface area contributed by atoms with Gasteiger partial charge in [-0.05, 0) is 34.8 Å². The van der Waals surface area contributed by atoms with Crippen LogP contribution in [0.15, 0.2) is 21.6 Å². The summed E-state index contributed by atoms with van der Waals surface area (Å²) >= 11 is 3.08. The zero-order valence-electron chi connectivity index (χ0n) is 8.59. The molecular weight excluding hydrogens is 277 g/mol. The lowest BCUT2D eigenvalue weighted by Gasteiger charge is -2.14. The SMILES string of the molecule is COc1c(C2(N=C=O)CC2)ccc(Br)c1F. The summed E-state index contributed by atoms with van der Waals surface area (Å²) in [5.41, 5.74) is -0.00620. The van der Waals surface area contributed by atoms with Crippen LogP contribution in [0.3, 0.4) is 0 Å². The fourth-order valence-corrected chi connectivity index (χ4v) is 2.06. The average Bonchev–Trinajstić information content (AvgIpc) is 3.03. The molecule has 0 unspecified atom stereocenters. The number of halogens is 2. The molecule has 84 valence electrons. The Labute approximate surface area is 100 Å². The van der Waals surface area contributed by atoms with Crippen molar-refractivity contribution in [1.82, 2.24) is 0 Å². The first-order chi connectivity index (χ1) is 7.64. The van der Waals surface area contributed by atoms with E-state index in [-0.39, 0.29) is 5.75 Å². The first-order valence-electron chi connectivity index (χ1n) is 4.76. The fourth-order valence-electron chi connectivity index (χ4n) is 1.75. The van der Waals surface area contributed by atoms with Gasteiger partial charge in [-0.25, -0.2) is 9.18 Å². The van der Waals surface area contributed by atoms with Gasteiger partial charge in [-0.1, -0.05) is 6.07 Å². The number of ether oxygens (including phenoxy) is 1. The summed E-state index contributed by atoms with van der Waals surface area (Å²) in [5.74, 6) is -0.321. The largest absolute Gasteiger partial charge is 0.493 e. The van der Waals surface area contributed by atoms with Gasteiger partial charge in [0.15, 0.2) is 11.6 Å². The molecule has 0 atom stereocenters. The smallest absolute Gasteiger partial charge is 0.235 e. The van der Waals surface area contributed by atoms with Crippen LogP contribution in [0.2, 0.25) is 0 Å². The number of rotatable bonds is 3. The normalized spacial score (nSPS) is 16.4.